The van der Waals surface area contributed by atoms with Crippen molar-refractivity contribution < 1.29 is 14.0 Å². The van der Waals surface area contributed by atoms with Gasteiger partial charge in [-0.2, -0.15) is 0 Å². The highest BCUT2D eigenvalue weighted by Gasteiger charge is 2.33. The van der Waals surface area contributed by atoms with Crippen molar-refractivity contribution >= 4 is 17.9 Å². The van der Waals surface area contributed by atoms with E-state index in [-0.39, 0.29) is 11.8 Å². The minimum absolute atomic E-state index is 0.335. The van der Waals surface area contributed by atoms with Gasteiger partial charge in [-0.15, -0.1) is 0 Å². The van der Waals surface area contributed by atoms with Crippen LogP contribution < -0.4 is 0 Å². The standard InChI is InChI=1S/C13H8N2O3/c16-12-9-3-1-2-4-10(9)13(17)15(12)7-5-11-14-6-8-18-11/h1-8H/b7-5+. The van der Waals surface area contributed by atoms with Crippen molar-refractivity contribution in [3.8, 4) is 0 Å². The van der Waals surface area contributed by atoms with Gasteiger partial charge in [0.15, 0.2) is 0 Å². The first-order chi connectivity index (χ1) is 8.77. The first kappa shape index (κ1) is 10.5. The van der Waals surface area contributed by atoms with Gasteiger partial charge in [-0.1, -0.05) is 12.1 Å². The Labute approximate surface area is 102 Å². The van der Waals surface area contributed by atoms with Gasteiger partial charge in [0, 0.05) is 12.3 Å². The average Bonchev–Trinajstić information content (AvgIpc) is 2.98. The molecule has 2 amide bonds. The van der Waals surface area contributed by atoms with Crippen LogP contribution in [0.2, 0.25) is 0 Å². The number of benzene rings is 1. The van der Waals surface area contributed by atoms with Crippen molar-refractivity contribution in [3.63, 3.8) is 0 Å². The lowest BCUT2D eigenvalue weighted by atomic mass is 10.1. The first-order valence-corrected chi connectivity index (χ1v) is 5.32. The molecule has 0 saturated heterocycles. The Morgan fingerprint density at radius 2 is 1.78 bits per heavy atom. The third-order valence-corrected chi connectivity index (χ3v) is 2.64. The third kappa shape index (κ3) is 1.53. The number of fused-ring (bicyclic) bond motifs is 1. The molecule has 1 aromatic heterocycles. The number of rotatable bonds is 2. The fraction of sp³-hybridized carbons (Fsp3) is 0. The van der Waals surface area contributed by atoms with Crippen LogP contribution in [-0.4, -0.2) is 21.7 Å². The van der Waals surface area contributed by atoms with Gasteiger partial charge < -0.3 is 4.42 Å². The van der Waals surface area contributed by atoms with Crippen molar-refractivity contribution in [2.45, 2.75) is 0 Å². The number of hydrogen-bond acceptors (Lipinski definition) is 4. The fourth-order valence-corrected chi connectivity index (χ4v) is 1.80. The Balaban J connectivity index is 1.93. The lowest BCUT2D eigenvalue weighted by Gasteiger charge is -2.05. The second-order valence-electron chi connectivity index (χ2n) is 3.71. The lowest BCUT2D eigenvalue weighted by Crippen LogP contribution is -2.23. The summed E-state index contributed by atoms with van der Waals surface area (Å²) in [5, 5.41) is 0. The van der Waals surface area contributed by atoms with E-state index in [2.05, 4.69) is 4.98 Å². The second-order valence-corrected chi connectivity index (χ2v) is 3.71. The summed E-state index contributed by atoms with van der Waals surface area (Å²) in [6.07, 6.45) is 5.75. The molecule has 2 heterocycles. The molecule has 0 aliphatic carbocycles. The summed E-state index contributed by atoms with van der Waals surface area (Å²) in [6, 6.07) is 6.72. The second kappa shape index (κ2) is 3.96. The van der Waals surface area contributed by atoms with E-state index < -0.39 is 0 Å². The van der Waals surface area contributed by atoms with E-state index >= 15 is 0 Å². The Bertz CT molecular complexity index is 609. The Morgan fingerprint density at radius 1 is 1.11 bits per heavy atom. The minimum Gasteiger partial charge on any atom is -0.445 e. The monoisotopic (exact) mass is 240 g/mol. The molecule has 0 saturated carbocycles. The molecule has 0 spiro atoms. The molecule has 1 aliphatic rings. The summed E-state index contributed by atoms with van der Waals surface area (Å²) < 4.78 is 4.99. The van der Waals surface area contributed by atoms with Crippen LogP contribution in [0.4, 0.5) is 0 Å². The minimum atomic E-state index is -0.335. The van der Waals surface area contributed by atoms with Crippen LogP contribution in [-0.2, 0) is 0 Å². The smallest absolute Gasteiger partial charge is 0.265 e. The first-order valence-electron chi connectivity index (χ1n) is 5.32. The zero-order valence-electron chi connectivity index (χ0n) is 9.24. The van der Waals surface area contributed by atoms with Crippen LogP contribution in [0.25, 0.3) is 6.08 Å². The van der Waals surface area contributed by atoms with Crippen LogP contribution in [0, 0.1) is 0 Å². The molecule has 0 atom stereocenters. The zero-order chi connectivity index (χ0) is 12.5. The summed E-state index contributed by atoms with van der Waals surface area (Å²) in [5.41, 5.74) is 0.833. The summed E-state index contributed by atoms with van der Waals surface area (Å²) in [4.78, 5) is 28.9. The van der Waals surface area contributed by atoms with E-state index in [9.17, 15) is 9.59 Å². The maximum Gasteiger partial charge on any atom is 0.265 e. The summed E-state index contributed by atoms with van der Waals surface area (Å²) in [6.45, 7) is 0. The van der Waals surface area contributed by atoms with Gasteiger partial charge in [0.25, 0.3) is 11.8 Å². The highest BCUT2D eigenvalue weighted by Crippen LogP contribution is 2.22. The van der Waals surface area contributed by atoms with Crippen LogP contribution in [0.5, 0.6) is 0 Å². The number of hydrogen-bond donors (Lipinski definition) is 0. The van der Waals surface area contributed by atoms with Crippen molar-refractivity contribution in [1.29, 1.82) is 0 Å². The van der Waals surface area contributed by atoms with Crippen molar-refractivity contribution in [2.75, 3.05) is 0 Å². The van der Waals surface area contributed by atoms with Crippen LogP contribution in [0.3, 0.4) is 0 Å². The molecule has 0 bridgehead atoms. The molecule has 2 aromatic rings. The van der Waals surface area contributed by atoms with Gasteiger partial charge in [0.1, 0.15) is 6.26 Å². The SMILES string of the molecule is O=C1c2ccccc2C(=O)N1/C=C/c1ncco1. The third-order valence-electron chi connectivity index (χ3n) is 2.64. The molecule has 5 heteroatoms. The molecule has 18 heavy (non-hydrogen) atoms. The van der Waals surface area contributed by atoms with E-state index in [0.717, 1.165) is 4.90 Å². The number of oxazole rings is 1. The predicted octanol–water partition coefficient (Wildman–Crippen LogP) is 1.94. The Kier molecular flexibility index (Phi) is 2.30. The summed E-state index contributed by atoms with van der Waals surface area (Å²) in [5.74, 6) is -0.330. The lowest BCUT2D eigenvalue weighted by molar-refractivity contribution is 0.0722. The van der Waals surface area contributed by atoms with E-state index in [1.807, 2.05) is 0 Å². The van der Waals surface area contributed by atoms with Gasteiger partial charge >= 0.3 is 0 Å². The topological polar surface area (TPSA) is 63.4 Å². The molecule has 0 N–H and O–H groups in total. The quantitative estimate of drug-likeness (QED) is 0.752. The van der Waals surface area contributed by atoms with Gasteiger partial charge in [0.2, 0.25) is 5.89 Å². The number of nitrogens with zero attached hydrogens (tertiary/aromatic N) is 2. The number of carbonyl (C=O) groups is 2. The fourth-order valence-electron chi connectivity index (χ4n) is 1.80. The zero-order valence-corrected chi connectivity index (χ0v) is 9.24. The maximum absolute atomic E-state index is 12.0. The van der Waals surface area contributed by atoms with E-state index in [1.54, 1.807) is 24.3 Å². The summed E-state index contributed by atoms with van der Waals surface area (Å²) in [7, 11) is 0. The molecule has 1 aliphatic heterocycles. The predicted molar refractivity (Wildman–Crippen MR) is 62.5 cm³/mol. The van der Waals surface area contributed by atoms with Gasteiger partial charge in [-0.05, 0) is 12.1 Å². The van der Waals surface area contributed by atoms with Gasteiger partial charge in [-0.25, -0.2) is 9.88 Å². The normalized spacial score (nSPS) is 14.6. The van der Waals surface area contributed by atoms with Crippen LogP contribution >= 0.6 is 0 Å². The highest BCUT2D eigenvalue weighted by molar-refractivity contribution is 6.22. The van der Waals surface area contributed by atoms with Crippen molar-refractivity contribution in [1.82, 2.24) is 9.88 Å². The van der Waals surface area contributed by atoms with Crippen LogP contribution in [0.15, 0.2) is 47.3 Å². The molecule has 5 nitrogen and oxygen atoms in total. The van der Waals surface area contributed by atoms with Crippen LogP contribution in [0.1, 0.15) is 26.6 Å². The molecular weight excluding hydrogens is 232 g/mol. The molecule has 0 unspecified atom stereocenters. The molecule has 0 fully saturated rings. The van der Waals surface area contributed by atoms with Crippen molar-refractivity contribution in [2.24, 2.45) is 0 Å². The van der Waals surface area contributed by atoms with E-state index in [0.29, 0.717) is 17.0 Å². The Morgan fingerprint density at radius 3 is 2.33 bits per heavy atom. The molecule has 3 rings (SSSR count). The number of carbonyl (C=O) groups excluding carboxylic acids is 2. The summed E-state index contributed by atoms with van der Waals surface area (Å²) >= 11 is 0. The molecular formula is C13H8N2O3. The largest absolute Gasteiger partial charge is 0.445 e. The van der Waals surface area contributed by atoms with E-state index in [1.165, 1.54) is 24.7 Å². The van der Waals surface area contributed by atoms with Gasteiger partial charge in [-0.3, -0.25) is 9.59 Å². The Hall–Kier alpha value is -2.69. The molecule has 0 radical (unpaired) electrons. The molecule has 1 aromatic carbocycles. The van der Waals surface area contributed by atoms with E-state index in [4.69, 9.17) is 4.42 Å². The molecule has 88 valence electrons. The highest BCUT2D eigenvalue weighted by atomic mass is 16.3. The number of amides is 2. The number of imide groups is 1. The van der Waals surface area contributed by atoms with Gasteiger partial charge in [0.05, 0.1) is 17.3 Å². The maximum atomic E-state index is 12.0. The average molecular weight is 240 g/mol. The number of aromatic nitrogens is 1. The van der Waals surface area contributed by atoms with Crippen molar-refractivity contribution in [3.05, 3.63) is 59.9 Å².